The predicted octanol–water partition coefficient (Wildman–Crippen LogP) is 4.60. The number of hydrogen-bond donors (Lipinski definition) is 3. The number of nitrogens with zero attached hydrogens (tertiary/aromatic N) is 2. The van der Waals surface area contributed by atoms with E-state index in [-0.39, 0.29) is 48.6 Å². The van der Waals surface area contributed by atoms with E-state index in [0.29, 0.717) is 29.2 Å². The zero-order valence-electron chi connectivity index (χ0n) is 24.4. The minimum Gasteiger partial charge on any atom is -0.497 e. The number of ether oxygens (including phenoxy) is 2. The molecule has 0 aromatic heterocycles. The number of aliphatic hydroxyl groups excluding tert-OH is 1. The molecule has 10 heteroatoms. The summed E-state index contributed by atoms with van der Waals surface area (Å²) < 4.78 is 11.7. The van der Waals surface area contributed by atoms with Crippen LogP contribution in [-0.4, -0.2) is 78.8 Å². The van der Waals surface area contributed by atoms with Crippen LogP contribution in [-0.2, 0) is 4.79 Å². The summed E-state index contributed by atoms with van der Waals surface area (Å²) in [5.41, 5.74) is 1.38. The molecule has 2 aliphatic rings. The van der Waals surface area contributed by atoms with E-state index in [9.17, 15) is 19.5 Å². The summed E-state index contributed by atoms with van der Waals surface area (Å²) in [4.78, 5) is 43.1. The summed E-state index contributed by atoms with van der Waals surface area (Å²) in [6, 6.07) is 11.5. The molecule has 3 atom stereocenters. The Morgan fingerprint density at radius 1 is 1.12 bits per heavy atom. The SMILES string of the molecule is COc1ccc(NC(=O)N(C)C[C@@H]2Oc3c(NC(=O)C4CCCCC4)cccc3C(=O)N([C@@H](C)CO)C[C@H]2C)cc1. The van der Waals surface area contributed by atoms with Gasteiger partial charge >= 0.3 is 6.03 Å². The number of fused-ring (bicyclic) bond motifs is 1. The largest absolute Gasteiger partial charge is 0.497 e. The fraction of sp³-hybridized carbons (Fsp3) is 0.516. The number of carbonyl (C=O) groups excluding carboxylic acids is 3. The van der Waals surface area contributed by atoms with Gasteiger partial charge in [-0.15, -0.1) is 0 Å². The first-order valence-corrected chi connectivity index (χ1v) is 14.4. The van der Waals surface area contributed by atoms with Crippen molar-refractivity contribution in [1.29, 1.82) is 0 Å². The number of hydrogen-bond acceptors (Lipinski definition) is 6. The first-order valence-electron chi connectivity index (χ1n) is 14.4. The van der Waals surface area contributed by atoms with E-state index in [1.807, 2.05) is 6.92 Å². The van der Waals surface area contributed by atoms with E-state index in [4.69, 9.17) is 9.47 Å². The highest BCUT2D eigenvalue weighted by atomic mass is 16.5. The van der Waals surface area contributed by atoms with Crippen LogP contribution in [0.3, 0.4) is 0 Å². The van der Waals surface area contributed by atoms with Crippen molar-refractivity contribution < 1.29 is 29.0 Å². The molecule has 1 heterocycles. The number of rotatable bonds is 8. The van der Waals surface area contributed by atoms with E-state index in [1.54, 1.807) is 68.4 Å². The number of anilines is 2. The molecule has 0 bridgehead atoms. The van der Waals surface area contributed by atoms with E-state index >= 15 is 0 Å². The Morgan fingerprint density at radius 3 is 2.49 bits per heavy atom. The van der Waals surface area contributed by atoms with Gasteiger partial charge in [0, 0.05) is 31.1 Å². The second-order valence-electron chi connectivity index (χ2n) is 11.2. The lowest BCUT2D eigenvalue weighted by Crippen LogP contribution is -2.50. The van der Waals surface area contributed by atoms with Crippen molar-refractivity contribution >= 4 is 29.2 Å². The van der Waals surface area contributed by atoms with Gasteiger partial charge in [-0.25, -0.2) is 4.79 Å². The zero-order chi connectivity index (χ0) is 29.5. The van der Waals surface area contributed by atoms with Gasteiger partial charge in [0.15, 0.2) is 5.75 Å². The van der Waals surface area contributed by atoms with Crippen molar-refractivity contribution in [3.8, 4) is 11.5 Å². The van der Waals surface area contributed by atoms with Crippen molar-refractivity contribution in [2.45, 2.75) is 58.1 Å². The topological polar surface area (TPSA) is 120 Å². The molecule has 1 saturated carbocycles. The Kier molecular flexibility index (Phi) is 10.1. The standard InChI is InChI=1S/C31H42N4O6/c1-20-17-35(21(2)19-36)30(38)25-11-8-12-26(33-29(37)22-9-6-5-7-10-22)28(25)41-27(20)18-34(3)31(39)32-23-13-15-24(40-4)16-14-23/h8,11-16,20-22,27,36H,5-7,9-10,17-19H2,1-4H3,(H,32,39)(H,33,37)/t20-,21+,27+/m1/s1. The van der Waals surface area contributed by atoms with Gasteiger partial charge in [0.1, 0.15) is 11.9 Å². The van der Waals surface area contributed by atoms with E-state index < -0.39 is 12.1 Å². The molecule has 0 spiro atoms. The van der Waals surface area contributed by atoms with Crippen LogP contribution in [0.15, 0.2) is 42.5 Å². The van der Waals surface area contributed by atoms with Crippen LogP contribution in [0.1, 0.15) is 56.3 Å². The van der Waals surface area contributed by atoms with Crippen molar-refractivity contribution in [2.75, 3.05) is 44.5 Å². The molecule has 4 rings (SSSR count). The minimum absolute atomic E-state index is 0.0719. The van der Waals surface area contributed by atoms with Gasteiger partial charge in [-0.3, -0.25) is 9.59 Å². The van der Waals surface area contributed by atoms with Gasteiger partial charge in [-0.05, 0) is 56.2 Å². The minimum atomic E-state index is -0.505. The van der Waals surface area contributed by atoms with Crippen LogP contribution < -0.4 is 20.1 Å². The molecule has 222 valence electrons. The molecular weight excluding hydrogens is 524 g/mol. The summed E-state index contributed by atoms with van der Waals surface area (Å²) in [5, 5.41) is 15.8. The van der Waals surface area contributed by atoms with Gasteiger partial charge in [-0.2, -0.15) is 0 Å². The van der Waals surface area contributed by atoms with E-state index in [1.165, 1.54) is 4.90 Å². The van der Waals surface area contributed by atoms with Crippen LogP contribution >= 0.6 is 0 Å². The first kappa shape index (κ1) is 30.2. The fourth-order valence-corrected chi connectivity index (χ4v) is 5.41. The molecule has 0 unspecified atom stereocenters. The van der Waals surface area contributed by atoms with Crippen LogP contribution in [0.5, 0.6) is 11.5 Å². The maximum absolute atomic E-state index is 13.7. The molecule has 1 aliphatic heterocycles. The molecule has 0 saturated heterocycles. The van der Waals surface area contributed by atoms with Gasteiger partial charge in [-0.1, -0.05) is 32.3 Å². The van der Waals surface area contributed by atoms with Crippen LogP contribution in [0, 0.1) is 11.8 Å². The quantitative estimate of drug-likeness (QED) is 0.430. The van der Waals surface area contributed by atoms with Crippen LogP contribution in [0.2, 0.25) is 0 Å². The number of aliphatic hydroxyl groups is 1. The molecular formula is C31H42N4O6. The number of para-hydroxylation sites is 1. The van der Waals surface area contributed by atoms with Gasteiger partial charge in [0.25, 0.3) is 5.91 Å². The second-order valence-corrected chi connectivity index (χ2v) is 11.2. The van der Waals surface area contributed by atoms with Crippen molar-refractivity contribution in [3.05, 3.63) is 48.0 Å². The van der Waals surface area contributed by atoms with Crippen LogP contribution in [0.4, 0.5) is 16.2 Å². The van der Waals surface area contributed by atoms with Crippen molar-refractivity contribution in [2.24, 2.45) is 11.8 Å². The normalized spacial score (nSPS) is 20.1. The Bertz CT molecular complexity index is 1210. The molecule has 4 amide bonds. The highest BCUT2D eigenvalue weighted by Gasteiger charge is 2.35. The van der Waals surface area contributed by atoms with Gasteiger partial charge in [0.2, 0.25) is 5.91 Å². The Labute approximate surface area is 242 Å². The Hall–Kier alpha value is -3.79. The van der Waals surface area contributed by atoms with E-state index in [0.717, 1.165) is 32.1 Å². The van der Waals surface area contributed by atoms with Gasteiger partial charge in [0.05, 0.1) is 37.6 Å². The predicted molar refractivity (Wildman–Crippen MR) is 157 cm³/mol. The van der Waals surface area contributed by atoms with Crippen molar-refractivity contribution in [1.82, 2.24) is 9.80 Å². The zero-order valence-corrected chi connectivity index (χ0v) is 24.4. The number of likely N-dealkylation sites (N-methyl/N-ethyl adjacent to an activating group) is 1. The highest BCUT2D eigenvalue weighted by Crippen LogP contribution is 2.36. The molecule has 41 heavy (non-hydrogen) atoms. The third-order valence-electron chi connectivity index (χ3n) is 8.07. The van der Waals surface area contributed by atoms with Crippen LogP contribution in [0.25, 0.3) is 0 Å². The lowest BCUT2D eigenvalue weighted by Gasteiger charge is -2.38. The highest BCUT2D eigenvalue weighted by molar-refractivity contribution is 6.02. The smallest absolute Gasteiger partial charge is 0.321 e. The maximum Gasteiger partial charge on any atom is 0.321 e. The molecule has 0 radical (unpaired) electrons. The van der Waals surface area contributed by atoms with E-state index in [2.05, 4.69) is 10.6 Å². The lowest BCUT2D eigenvalue weighted by atomic mass is 9.88. The molecule has 1 fully saturated rings. The summed E-state index contributed by atoms with van der Waals surface area (Å²) in [5.74, 6) is 0.368. The molecule has 1 aliphatic carbocycles. The number of amides is 4. The summed E-state index contributed by atoms with van der Waals surface area (Å²) >= 11 is 0. The summed E-state index contributed by atoms with van der Waals surface area (Å²) in [6.45, 7) is 4.12. The number of urea groups is 1. The monoisotopic (exact) mass is 566 g/mol. The second kappa shape index (κ2) is 13.7. The average molecular weight is 567 g/mol. The molecule has 3 N–H and O–H groups in total. The molecule has 10 nitrogen and oxygen atoms in total. The summed E-state index contributed by atoms with van der Waals surface area (Å²) in [7, 11) is 3.27. The van der Waals surface area contributed by atoms with Crippen molar-refractivity contribution in [3.63, 3.8) is 0 Å². The first-order chi connectivity index (χ1) is 19.7. The maximum atomic E-state index is 13.7. The Morgan fingerprint density at radius 2 is 1.83 bits per heavy atom. The summed E-state index contributed by atoms with van der Waals surface area (Å²) in [6.07, 6.45) is 4.37. The fourth-order valence-electron chi connectivity index (χ4n) is 5.41. The average Bonchev–Trinajstić information content (AvgIpc) is 2.99. The third kappa shape index (κ3) is 7.30. The number of benzene rings is 2. The van der Waals surface area contributed by atoms with Gasteiger partial charge < -0.3 is 35.0 Å². The Balaban J connectivity index is 1.60. The number of methoxy groups -OCH3 is 1. The number of carbonyl (C=O) groups is 3. The third-order valence-corrected chi connectivity index (χ3v) is 8.07. The number of nitrogens with one attached hydrogen (secondary N) is 2. The lowest BCUT2D eigenvalue weighted by molar-refractivity contribution is -0.120. The molecule has 2 aromatic carbocycles. The molecule has 2 aromatic rings.